The lowest BCUT2D eigenvalue weighted by Crippen LogP contribution is -2.37. The van der Waals surface area contributed by atoms with Gasteiger partial charge in [0.1, 0.15) is 5.69 Å². The Hall–Kier alpha value is -2.93. The van der Waals surface area contributed by atoms with Crippen LogP contribution in [0.4, 0.5) is 0 Å². The number of pyridine rings is 2. The fourth-order valence-corrected chi connectivity index (χ4v) is 3.11. The Morgan fingerprint density at radius 3 is 2.44 bits per heavy atom. The zero-order valence-electron chi connectivity index (χ0n) is 14.6. The number of hydrogen-bond donors (Lipinski definition) is 0. The minimum Gasteiger partial charge on any atom is -0.459 e. The third-order valence-electron chi connectivity index (χ3n) is 4.49. The van der Waals surface area contributed by atoms with Gasteiger partial charge in [-0.25, -0.2) is 9.97 Å². The summed E-state index contributed by atoms with van der Waals surface area (Å²) < 4.78 is 5.19. The molecule has 0 radical (unpaired) electrons. The van der Waals surface area contributed by atoms with Gasteiger partial charge in [0.15, 0.2) is 11.4 Å². The van der Waals surface area contributed by atoms with Gasteiger partial charge in [-0.3, -0.25) is 9.59 Å². The first-order valence-electron chi connectivity index (χ1n) is 8.56. The quantitative estimate of drug-likeness (QED) is 0.676. The first-order valence-corrected chi connectivity index (χ1v) is 8.56. The lowest BCUT2D eigenvalue weighted by molar-refractivity contribution is 0.0698. The molecule has 2 amide bonds. The van der Waals surface area contributed by atoms with Crippen molar-refractivity contribution in [1.29, 1.82) is 0 Å². The summed E-state index contributed by atoms with van der Waals surface area (Å²) in [4.78, 5) is 37.3. The van der Waals surface area contributed by atoms with Crippen LogP contribution in [-0.2, 0) is 0 Å². The number of furan rings is 1. The molecule has 4 heterocycles. The normalized spacial score (nSPS) is 14.5. The lowest BCUT2D eigenvalue weighted by Gasteiger charge is -2.21. The van der Waals surface area contributed by atoms with Crippen molar-refractivity contribution >= 4 is 35.3 Å². The molecular weight excluding hydrogens is 368 g/mol. The average molecular weight is 387 g/mol. The molecule has 3 aromatic rings. The molecule has 1 fully saturated rings. The van der Waals surface area contributed by atoms with Gasteiger partial charge in [-0.2, -0.15) is 0 Å². The zero-order valence-corrected chi connectivity index (χ0v) is 15.4. The summed E-state index contributed by atoms with van der Waals surface area (Å²) >= 11 is 0. The molecule has 7 nitrogen and oxygen atoms in total. The van der Waals surface area contributed by atoms with Crippen LogP contribution in [0.15, 0.2) is 53.3 Å². The van der Waals surface area contributed by atoms with Crippen LogP contribution in [0, 0.1) is 0 Å². The number of nitrogens with zero attached hydrogens (tertiary/aromatic N) is 4. The minimum atomic E-state index is -0.141. The number of carbonyl (C=O) groups is 2. The first-order chi connectivity index (χ1) is 12.7. The number of fused-ring (bicyclic) bond motifs is 1. The second kappa shape index (κ2) is 8.18. The van der Waals surface area contributed by atoms with Gasteiger partial charge < -0.3 is 14.2 Å². The van der Waals surface area contributed by atoms with E-state index >= 15 is 0 Å². The number of hydrogen-bond acceptors (Lipinski definition) is 5. The fourth-order valence-electron chi connectivity index (χ4n) is 3.11. The Morgan fingerprint density at radius 1 is 0.926 bits per heavy atom. The van der Waals surface area contributed by atoms with Crippen molar-refractivity contribution in [1.82, 2.24) is 19.8 Å². The topological polar surface area (TPSA) is 79.5 Å². The maximum absolute atomic E-state index is 12.8. The van der Waals surface area contributed by atoms with Gasteiger partial charge in [0.05, 0.1) is 6.26 Å². The second-order valence-electron chi connectivity index (χ2n) is 6.16. The van der Waals surface area contributed by atoms with Crippen molar-refractivity contribution in [2.45, 2.75) is 6.42 Å². The van der Waals surface area contributed by atoms with E-state index in [1.807, 2.05) is 18.2 Å². The van der Waals surface area contributed by atoms with Crippen LogP contribution in [0.2, 0.25) is 0 Å². The predicted octanol–water partition coefficient (Wildman–Crippen LogP) is 2.63. The number of rotatable bonds is 2. The van der Waals surface area contributed by atoms with E-state index in [0.29, 0.717) is 49.7 Å². The van der Waals surface area contributed by atoms with E-state index in [4.69, 9.17) is 4.42 Å². The van der Waals surface area contributed by atoms with Crippen molar-refractivity contribution in [3.05, 3.63) is 60.3 Å². The van der Waals surface area contributed by atoms with Gasteiger partial charge in [0.2, 0.25) is 0 Å². The van der Waals surface area contributed by atoms with Crippen LogP contribution in [0.25, 0.3) is 11.0 Å². The number of aromatic nitrogens is 2. The molecule has 3 aromatic heterocycles. The molecule has 27 heavy (non-hydrogen) atoms. The maximum Gasteiger partial charge on any atom is 0.289 e. The molecule has 0 atom stereocenters. The average Bonchev–Trinajstić information content (AvgIpc) is 3.11. The molecule has 0 aliphatic carbocycles. The van der Waals surface area contributed by atoms with E-state index < -0.39 is 0 Å². The van der Waals surface area contributed by atoms with Gasteiger partial charge >= 0.3 is 0 Å². The first kappa shape index (κ1) is 18.8. The Bertz CT molecular complexity index is 945. The van der Waals surface area contributed by atoms with Gasteiger partial charge in [-0.15, -0.1) is 12.4 Å². The predicted molar refractivity (Wildman–Crippen MR) is 102 cm³/mol. The van der Waals surface area contributed by atoms with E-state index in [1.54, 1.807) is 34.2 Å². The number of amides is 2. The van der Waals surface area contributed by atoms with E-state index in [2.05, 4.69) is 9.97 Å². The van der Waals surface area contributed by atoms with E-state index in [1.165, 1.54) is 6.26 Å². The largest absolute Gasteiger partial charge is 0.459 e. The van der Waals surface area contributed by atoms with Crippen molar-refractivity contribution in [3.63, 3.8) is 0 Å². The molecular formula is C19H19ClN4O3. The molecule has 0 saturated carbocycles. The summed E-state index contributed by atoms with van der Waals surface area (Å²) in [5, 5.41) is 0.898. The zero-order chi connectivity index (χ0) is 17.9. The molecule has 0 bridgehead atoms. The summed E-state index contributed by atoms with van der Waals surface area (Å²) in [5.41, 5.74) is 0.935. The third kappa shape index (κ3) is 3.93. The highest BCUT2D eigenvalue weighted by Crippen LogP contribution is 2.14. The Kier molecular flexibility index (Phi) is 5.71. The van der Waals surface area contributed by atoms with Gasteiger partial charge in [0.25, 0.3) is 11.8 Å². The van der Waals surface area contributed by atoms with Crippen LogP contribution in [0.3, 0.4) is 0 Å². The Morgan fingerprint density at radius 2 is 1.70 bits per heavy atom. The van der Waals surface area contributed by atoms with Crippen molar-refractivity contribution < 1.29 is 14.0 Å². The Balaban J connectivity index is 0.00000210. The summed E-state index contributed by atoms with van der Waals surface area (Å²) in [7, 11) is 0. The third-order valence-corrected chi connectivity index (χ3v) is 4.49. The van der Waals surface area contributed by atoms with Gasteiger partial charge in [-0.1, -0.05) is 0 Å². The maximum atomic E-state index is 12.8. The van der Waals surface area contributed by atoms with Crippen LogP contribution in [0.5, 0.6) is 0 Å². The lowest BCUT2D eigenvalue weighted by atomic mass is 10.2. The molecule has 8 heteroatoms. The smallest absolute Gasteiger partial charge is 0.289 e. The monoisotopic (exact) mass is 386 g/mol. The fraction of sp³-hybridized carbons (Fsp3) is 0.263. The van der Waals surface area contributed by atoms with Crippen molar-refractivity contribution in [3.8, 4) is 0 Å². The summed E-state index contributed by atoms with van der Waals surface area (Å²) in [6.07, 6.45) is 3.86. The molecule has 1 aliphatic heterocycles. The van der Waals surface area contributed by atoms with Crippen LogP contribution in [-0.4, -0.2) is 57.8 Å². The molecule has 4 rings (SSSR count). The highest BCUT2D eigenvalue weighted by atomic mass is 35.5. The Labute approximate surface area is 162 Å². The molecule has 140 valence electrons. The minimum absolute atomic E-state index is 0. The number of carbonyl (C=O) groups excluding carboxylic acids is 2. The van der Waals surface area contributed by atoms with Crippen molar-refractivity contribution in [2.75, 3.05) is 26.2 Å². The highest BCUT2D eigenvalue weighted by Gasteiger charge is 2.25. The molecule has 0 N–H and O–H groups in total. The molecule has 0 aromatic carbocycles. The van der Waals surface area contributed by atoms with Gasteiger partial charge in [-0.05, 0) is 42.8 Å². The van der Waals surface area contributed by atoms with Crippen LogP contribution in [0.1, 0.15) is 27.5 Å². The van der Waals surface area contributed by atoms with E-state index in [0.717, 1.165) is 5.39 Å². The van der Waals surface area contributed by atoms with E-state index in [9.17, 15) is 9.59 Å². The van der Waals surface area contributed by atoms with Crippen molar-refractivity contribution in [2.24, 2.45) is 0 Å². The van der Waals surface area contributed by atoms with Crippen LogP contribution < -0.4 is 0 Å². The standard InChI is InChI=1S/C19H18N4O3.ClH/c24-18(15-7-6-14-4-1-8-20-17(14)21-15)22-9-3-10-23(12-11-22)19(25)16-5-2-13-26-16;/h1-2,4-8,13H,3,9-12H2;1H. The summed E-state index contributed by atoms with van der Waals surface area (Å²) in [6.45, 7) is 2.11. The van der Waals surface area contributed by atoms with E-state index in [-0.39, 0.29) is 24.2 Å². The second-order valence-corrected chi connectivity index (χ2v) is 6.16. The van der Waals surface area contributed by atoms with Crippen LogP contribution >= 0.6 is 12.4 Å². The van der Waals surface area contributed by atoms with Gasteiger partial charge in [0, 0.05) is 37.8 Å². The highest BCUT2D eigenvalue weighted by molar-refractivity contribution is 5.94. The summed E-state index contributed by atoms with van der Waals surface area (Å²) in [5.74, 6) is 0.0502. The SMILES string of the molecule is Cl.O=C(c1ccc2cccnc2n1)N1CCCN(C(=O)c2ccco2)CC1. The molecule has 1 saturated heterocycles. The molecule has 1 aliphatic rings. The summed E-state index contributed by atoms with van der Waals surface area (Å²) in [6, 6.07) is 10.7. The molecule has 0 spiro atoms. The number of halogens is 1. The molecule has 0 unspecified atom stereocenters.